The van der Waals surface area contributed by atoms with Crippen LogP contribution in [0, 0.1) is 0 Å². The molecule has 0 aliphatic rings. The molecule has 0 saturated carbocycles. The molecule has 0 unspecified atom stereocenters. The first-order valence-corrected chi connectivity index (χ1v) is 2.68. The quantitative estimate of drug-likeness (QED) is 0.294. The van der Waals surface area contributed by atoms with E-state index in [2.05, 4.69) is 0 Å². The Labute approximate surface area is 77.7 Å². The maximum absolute atomic E-state index is 7.33. The van der Waals surface area contributed by atoms with Crippen molar-refractivity contribution in [1.29, 1.82) is 0 Å². The second-order valence-corrected chi connectivity index (χ2v) is 1.80. The predicted octanol–water partition coefficient (Wildman–Crippen LogP) is -3.10. The number of hydrogen-bond donors (Lipinski definition) is 4. The molecule has 0 heterocycles. The molecule has 0 radical (unpaired) electrons. The van der Waals surface area contributed by atoms with Crippen molar-refractivity contribution in [3.05, 3.63) is 0 Å². The summed E-state index contributed by atoms with van der Waals surface area (Å²) in [7, 11) is -4.61. The van der Waals surface area contributed by atoms with Gasteiger partial charge in [0.2, 0.25) is 0 Å². The van der Waals surface area contributed by atoms with Gasteiger partial charge in [-0.05, 0) is 0 Å². The summed E-state index contributed by atoms with van der Waals surface area (Å²) in [4.78, 5) is 29.3. The van der Waals surface area contributed by atoms with Gasteiger partial charge in [-0.3, -0.25) is 0 Å². The molecule has 0 saturated heterocycles. The molecule has 7 heavy (non-hydrogen) atoms. The molecule has 7 heteroatoms. The maximum atomic E-state index is 7.33. The van der Waals surface area contributed by atoms with Gasteiger partial charge in [-0.15, -0.1) is 12.4 Å². The van der Waals surface area contributed by atoms with Gasteiger partial charge in [0.1, 0.15) is 0 Å². The van der Waals surface area contributed by atoms with E-state index in [9.17, 15) is 0 Å². The molecule has 0 aliphatic carbocycles. The molecular formula is H7CaClO4Si. The third-order valence-electron chi connectivity index (χ3n) is 0. The Morgan fingerprint density at radius 2 is 0.857 bits per heavy atom. The molecule has 0 aromatic carbocycles. The van der Waals surface area contributed by atoms with Gasteiger partial charge in [0.05, 0.1) is 0 Å². The summed E-state index contributed by atoms with van der Waals surface area (Å²) in [5, 5.41) is 0. The van der Waals surface area contributed by atoms with E-state index in [1.165, 1.54) is 0 Å². The molecule has 0 aromatic heterocycles. The van der Waals surface area contributed by atoms with Crippen LogP contribution >= 0.6 is 12.4 Å². The number of rotatable bonds is 0. The fraction of sp³-hybridized carbons (Fsp3) is 0. The standard InChI is InChI=1S/Ca.ClH.H4O4Si.2H/c;;1-5(2,3)4;;/h;1H;1-4H;;. The monoisotopic (exact) mass is 174 g/mol. The zero-order valence-electron chi connectivity index (χ0n) is 2.70. The Balaban J connectivity index is -0.0000000800. The average Bonchev–Trinajstić information content (AvgIpc) is 0.722. The average molecular weight is 175 g/mol. The summed E-state index contributed by atoms with van der Waals surface area (Å²) in [6.45, 7) is 0. The molecule has 0 atom stereocenters. The second-order valence-electron chi connectivity index (χ2n) is 0.600. The molecule has 0 rings (SSSR count). The third-order valence-corrected chi connectivity index (χ3v) is 0. The van der Waals surface area contributed by atoms with Crippen molar-refractivity contribution >= 4 is 59.2 Å². The van der Waals surface area contributed by atoms with Crippen LogP contribution in [0.1, 0.15) is 0 Å². The van der Waals surface area contributed by atoms with E-state index in [0.29, 0.717) is 0 Å². The first-order chi connectivity index (χ1) is 2.00. The van der Waals surface area contributed by atoms with Gasteiger partial charge in [-0.1, -0.05) is 0 Å². The summed E-state index contributed by atoms with van der Waals surface area (Å²) < 4.78 is 0. The topological polar surface area (TPSA) is 80.9 Å². The van der Waals surface area contributed by atoms with Gasteiger partial charge in [0, 0.05) is 0 Å². The first kappa shape index (κ1) is 15.8. The summed E-state index contributed by atoms with van der Waals surface area (Å²) in [6.07, 6.45) is 0. The van der Waals surface area contributed by atoms with Gasteiger partial charge in [0.25, 0.3) is 0 Å². The third kappa shape index (κ3) is 92.6. The second kappa shape index (κ2) is 5.74. The van der Waals surface area contributed by atoms with Crippen LogP contribution in [-0.4, -0.2) is 66.0 Å². The zero-order chi connectivity index (χ0) is 4.50. The van der Waals surface area contributed by atoms with E-state index in [1.54, 1.807) is 0 Å². The van der Waals surface area contributed by atoms with Crippen molar-refractivity contribution in [2.24, 2.45) is 0 Å². The fourth-order valence-corrected chi connectivity index (χ4v) is 0. The van der Waals surface area contributed by atoms with E-state index in [0.717, 1.165) is 0 Å². The Kier molecular flexibility index (Phi) is 13.0. The zero-order valence-corrected chi connectivity index (χ0v) is 4.51. The SMILES string of the molecule is Cl.O[Si](O)(O)O.[CaH2]. The van der Waals surface area contributed by atoms with Crippen LogP contribution in [-0.2, 0) is 0 Å². The van der Waals surface area contributed by atoms with Gasteiger partial charge in [-0.25, -0.2) is 0 Å². The van der Waals surface area contributed by atoms with Crippen molar-refractivity contribution in [3.8, 4) is 0 Å². The molecule has 4 nitrogen and oxygen atoms in total. The van der Waals surface area contributed by atoms with Crippen molar-refractivity contribution in [1.82, 2.24) is 0 Å². The van der Waals surface area contributed by atoms with Crippen LogP contribution in [0.5, 0.6) is 0 Å². The number of halogens is 1. The van der Waals surface area contributed by atoms with E-state index in [4.69, 9.17) is 19.2 Å². The minimum absolute atomic E-state index is 0. The van der Waals surface area contributed by atoms with Crippen LogP contribution in [0.15, 0.2) is 0 Å². The van der Waals surface area contributed by atoms with Crippen LogP contribution in [0.3, 0.4) is 0 Å². The summed E-state index contributed by atoms with van der Waals surface area (Å²) in [6, 6.07) is 0. The molecule has 0 bridgehead atoms. The molecule has 44 valence electrons. The van der Waals surface area contributed by atoms with Gasteiger partial charge in [-0.2, -0.15) is 0 Å². The summed E-state index contributed by atoms with van der Waals surface area (Å²) in [5.74, 6) is 0. The van der Waals surface area contributed by atoms with Gasteiger partial charge in [0.15, 0.2) is 0 Å². The minimum atomic E-state index is -4.61. The van der Waals surface area contributed by atoms with E-state index in [1.807, 2.05) is 0 Å². The molecule has 0 spiro atoms. The molecule has 0 amide bonds. The van der Waals surface area contributed by atoms with Crippen molar-refractivity contribution < 1.29 is 19.2 Å². The Hall–Kier alpha value is 1.61. The van der Waals surface area contributed by atoms with Crippen molar-refractivity contribution in [3.63, 3.8) is 0 Å². The van der Waals surface area contributed by atoms with Crippen molar-refractivity contribution in [2.45, 2.75) is 0 Å². The van der Waals surface area contributed by atoms with E-state index < -0.39 is 9.05 Å². The molecule has 0 aromatic rings. The normalized spacial score (nSPS) is 8.57. The van der Waals surface area contributed by atoms with Gasteiger partial charge >= 0.3 is 46.8 Å². The Morgan fingerprint density at radius 1 is 0.857 bits per heavy atom. The van der Waals surface area contributed by atoms with E-state index in [-0.39, 0.29) is 50.1 Å². The van der Waals surface area contributed by atoms with Crippen LogP contribution in [0.4, 0.5) is 0 Å². The molecule has 0 aliphatic heterocycles. The Bertz CT molecular complexity index is 27.2. The first-order valence-electron chi connectivity index (χ1n) is 0.894. The molecule has 0 fully saturated rings. The summed E-state index contributed by atoms with van der Waals surface area (Å²) in [5.41, 5.74) is 0. The number of hydrogen-bond acceptors (Lipinski definition) is 4. The van der Waals surface area contributed by atoms with Crippen LogP contribution < -0.4 is 0 Å². The fourth-order valence-electron chi connectivity index (χ4n) is 0. The van der Waals surface area contributed by atoms with Crippen LogP contribution in [0.25, 0.3) is 0 Å². The summed E-state index contributed by atoms with van der Waals surface area (Å²) >= 11 is 0. The molecule has 4 N–H and O–H groups in total. The van der Waals surface area contributed by atoms with Crippen LogP contribution in [0.2, 0.25) is 0 Å². The van der Waals surface area contributed by atoms with Crippen molar-refractivity contribution in [2.75, 3.05) is 0 Å². The van der Waals surface area contributed by atoms with Gasteiger partial charge < -0.3 is 19.2 Å². The predicted molar refractivity (Wildman–Crippen MR) is 30.4 cm³/mol. The van der Waals surface area contributed by atoms with E-state index >= 15 is 0 Å². The Morgan fingerprint density at radius 3 is 0.857 bits per heavy atom. The molecular weight excluding hydrogens is 168 g/mol.